The molecule has 0 spiro atoms. The molecular weight excluding hydrogens is 356 g/mol. The Kier molecular flexibility index (Phi) is 4.85. The predicted molar refractivity (Wildman–Crippen MR) is 105 cm³/mol. The van der Waals surface area contributed by atoms with Crippen molar-refractivity contribution in [2.45, 2.75) is 39.3 Å². The van der Waals surface area contributed by atoms with Gasteiger partial charge in [0.2, 0.25) is 0 Å². The lowest BCUT2D eigenvalue weighted by molar-refractivity contribution is 0.0870. The third-order valence-electron chi connectivity index (χ3n) is 5.00. The van der Waals surface area contributed by atoms with Gasteiger partial charge in [-0.05, 0) is 30.4 Å². The summed E-state index contributed by atoms with van der Waals surface area (Å²) < 4.78 is 1.54. The number of hydrogen-bond donors (Lipinski definition) is 3. The average Bonchev–Trinajstić information content (AvgIpc) is 3.26. The molecule has 0 radical (unpaired) electrons. The summed E-state index contributed by atoms with van der Waals surface area (Å²) in [5, 5.41) is 14.9. The molecule has 1 aliphatic heterocycles. The molecule has 1 atom stereocenters. The van der Waals surface area contributed by atoms with Crippen LogP contribution in [0, 0.1) is 5.92 Å². The minimum atomic E-state index is -0.376. The molecule has 146 valence electrons. The fourth-order valence-corrected chi connectivity index (χ4v) is 3.76. The van der Waals surface area contributed by atoms with E-state index < -0.39 is 0 Å². The van der Waals surface area contributed by atoms with Gasteiger partial charge in [-0.2, -0.15) is 0 Å². The Morgan fingerprint density at radius 3 is 3.00 bits per heavy atom. The van der Waals surface area contributed by atoms with Gasteiger partial charge in [0.05, 0.1) is 6.54 Å². The van der Waals surface area contributed by atoms with Crippen LogP contribution in [0.25, 0.3) is 10.9 Å². The van der Waals surface area contributed by atoms with Gasteiger partial charge in [0.15, 0.2) is 11.4 Å². The summed E-state index contributed by atoms with van der Waals surface area (Å²) in [6, 6.07) is 8.06. The first-order valence-corrected chi connectivity index (χ1v) is 9.60. The third-order valence-corrected chi connectivity index (χ3v) is 5.00. The number of nitrogens with one attached hydrogen (secondary N) is 3. The van der Waals surface area contributed by atoms with E-state index in [-0.39, 0.29) is 29.2 Å². The number of carbonyl (C=O) groups is 2. The highest BCUT2D eigenvalue weighted by molar-refractivity contribution is 6.05. The summed E-state index contributed by atoms with van der Waals surface area (Å²) >= 11 is 0. The molecule has 0 saturated heterocycles. The Labute approximate surface area is 162 Å². The van der Waals surface area contributed by atoms with E-state index in [4.69, 9.17) is 0 Å². The van der Waals surface area contributed by atoms with Crippen LogP contribution in [0.4, 0.5) is 0 Å². The first-order valence-electron chi connectivity index (χ1n) is 9.60. The van der Waals surface area contributed by atoms with Crippen molar-refractivity contribution < 1.29 is 9.59 Å². The second kappa shape index (κ2) is 7.46. The highest BCUT2D eigenvalue weighted by Gasteiger charge is 2.32. The van der Waals surface area contributed by atoms with Crippen molar-refractivity contribution in [2.75, 3.05) is 6.54 Å². The molecule has 2 aromatic heterocycles. The van der Waals surface area contributed by atoms with Crippen LogP contribution in [-0.4, -0.2) is 44.4 Å². The first kappa shape index (κ1) is 18.2. The van der Waals surface area contributed by atoms with Crippen LogP contribution in [0.2, 0.25) is 0 Å². The fourth-order valence-electron chi connectivity index (χ4n) is 3.76. The molecule has 0 fully saturated rings. The molecule has 0 saturated carbocycles. The van der Waals surface area contributed by atoms with Crippen LogP contribution in [0.1, 0.15) is 46.8 Å². The largest absolute Gasteiger partial charge is 0.361 e. The zero-order valence-electron chi connectivity index (χ0n) is 16.0. The number of aromatic nitrogens is 4. The van der Waals surface area contributed by atoms with Gasteiger partial charge < -0.3 is 15.6 Å². The zero-order valence-corrected chi connectivity index (χ0v) is 16.0. The van der Waals surface area contributed by atoms with E-state index in [1.54, 1.807) is 4.68 Å². The molecule has 3 heterocycles. The van der Waals surface area contributed by atoms with Gasteiger partial charge in [0.1, 0.15) is 0 Å². The number of amides is 2. The topological polar surface area (TPSA) is 105 Å². The summed E-state index contributed by atoms with van der Waals surface area (Å²) in [4.78, 5) is 28.3. The molecule has 3 aromatic rings. The molecule has 8 heteroatoms. The first-order chi connectivity index (χ1) is 13.5. The van der Waals surface area contributed by atoms with Gasteiger partial charge in [-0.1, -0.05) is 37.3 Å². The monoisotopic (exact) mass is 380 g/mol. The van der Waals surface area contributed by atoms with Crippen molar-refractivity contribution in [3.8, 4) is 0 Å². The van der Waals surface area contributed by atoms with Gasteiger partial charge in [-0.15, -0.1) is 5.10 Å². The van der Waals surface area contributed by atoms with E-state index in [9.17, 15) is 9.59 Å². The molecule has 2 amide bonds. The number of fused-ring (bicyclic) bond motifs is 2. The molecule has 4 rings (SSSR count). The Bertz CT molecular complexity index is 1020. The number of hydrogen-bond acceptors (Lipinski definition) is 4. The van der Waals surface area contributed by atoms with Gasteiger partial charge in [-0.3, -0.25) is 9.59 Å². The van der Waals surface area contributed by atoms with Crippen LogP contribution in [0.5, 0.6) is 0 Å². The molecule has 8 nitrogen and oxygen atoms in total. The normalized spacial score (nSPS) is 16.2. The Balaban J connectivity index is 1.41. The summed E-state index contributed by atoms with van der Waals surface area (Å²) in [5.74, 6) is -0.204. The van der Waals surface area contributed by atoms with Crippen LogP contribution in [0.15, 0.2) is 30.5 Å². The lowest BCUT2D eigenvalue weighted by atomic mass is 10.0. The van der Waals surface area contributed by atoms with E-state index in [1.807, 2.05) is 24.4 Å². The smallest absolute Gasteiger partial charge is 0.274 e. The highest BCUT2D eigenvalue weighted by atomic mass is 16.2. The molecular formula is C20H24N6O2. The molecule has 1 aliphatic rings. The second-order valence-electron chi connectivity index (χ2n) is 7.63. The molecule has 1 aromatic carbocycles. The van der Waals surface area contributed by atoms with Crippen molar-refractivity contribution in [3.05, 3.63) is 47.4 Å². The summed E-state index contributed by atoms with van der Waals surface area (Å²) in [6.07, 6.45) is 3.50. The number of carbonyl (C=O) groups excluding carboxylic acids is 2. The molecule has 0 unspecified atom stereocenters. The molecule has 0 bridgehead atoms. The molecule has 0 aliphatic carbocycles. The van der Waals surface area contributed by atoms with Crippen LogP contribution >= 0.6 is 0 Å². The maximum Gasteiger partial charge on any atom is 0.274 e. The number of aromatic amines is 1. The van der Waals surface area contributed by atoms with Crippen molar-refractivity contribution in [1.29, 1.82) is 0 Å². The minimum absolute atomic E-state index is 0.0134. The van der Waals surface area contributed by atoms with Gasteiger partial charge in [-0.25, -0.2) is 4.68 Å². The molecule has 3 N–H and O–H groups in total. The van der Waals surface area contributed by atoms with Gasteiger partial charge >= 0.3 is 0 Å². The van der Waals surface area contributed by atoms with Gasteiger partial charge in [0.25, 0.3) is 11.8 Å². The van der Waals surface area contributed by atoms with E-state index >= 15 is 0 Å². The van der Waals surface area contributed by atoms with Crippen molar-refractivity contribution in [2.24, 2.45) is 5.92 Å². The van der Waals surface area contributed by atoms with Crippen LogP contribution < -0.4 is 10.6 Å². The Morgan fingerprint density at radius 2 is 2.18 bits per heavy atom. The van der Waals surface area contributed by atoms with Crippen molar-refractivity contribution in [1.82, 2.24) is 30.6 Å². The standard InChI is InChI=1S/C20H24N6O2/c1-12(2)9-14-11-26-18(20(28)23-14)17(24-25-26)19(27)21-8-7-13-10-22-16-6-4-3-5-15(13)16/h3-6,10,12,14,22H,7-9,11H2,1-2H3,(H,21,27)(H,23,28)/t14-/m0/s1. The second-order valence-corrected chi connectivity index (χ2v) is 7.63. The highest BCUT2D eigenvalue weighted by Crippen LogP contribution is 2.18. The number of para-hydroxylation sites is 1. The van der Waals surface area contributed by atoms with Gasteiger partial charge in [0, 0.05) is 29.7 Å². The maximum absolute atomic E-state index is 12.6. The fraction of sp³-hybridized carbons (Fsp3) is 0.400. The predicted octanol–water partition coefficient (Wildman–Crippen LogP) is 1.89. The minimum Gasteiger partial charge on any atom is -0.361 e. The van der Waals surface area contributed by atoms with E-state index in [0.29, 0.717) is 25.4 Å². The third kappa shape index (κ3) is 3.49. The van der Waals surface area contributed by atoms with Crippen molar-refractivity contribution in [3.63, 3.8) is 0 Å². The number of benzene rings is 1. The number of nitrogens with zero attached hydrogens (tertiary/aromatic N) is 3. The van der Waals surface area contributed by atoms with E-state index in [2.05, 4.69) is 45.8 Å². The lowest BCUT2D eigenvalue weighted by Gasteiger charge is -2.25. The van der Waals surface area contributed by atoms with Crippen molar-refractivity contribution >= 4 is 22.7 Å². The Hall–Kier alpha value is -3.16. The summed E-state index contributed by atoms with van der Waals surface area (Å²) in [6.45, 7) is 5.20. The number of rotatable bonds is 6. The van der Waals surface area contributed by atoms with E-state index in [1.165, 1.54) is 0 Å². The van der Waals surface area contributed by atoms with E-state index in [0.717, 1.165) is 22.9 Å². The average molecular weight is 380 g/mol. The SMILES string of the molecule is CC(C)C[C@H]1Cn2nnc(C(=O)NCCc3c[nH]c4ccccc34)c2C(=O)N1. The molecule has 28 heavy (non-hydrogen) atoms. The summed E-state index contributed by atoms with van der Waals surface area (Å²) in [5.41, 5.74) is 2.53. The van der Waals surface area contributed by atoms with Crippen LogP contribution in [-0.2, 0) is 13.0 Å². The zero-order chi connectivity index (χ0) is 19.7. The number of H-pyrrole nitrogens is 1. The quantitative estimate of drug-likeness (QED) is 0.607. The van der Waals surface area contributed by atoms with Crippen LogP contribution in [0.3, 0.4) is 0 Å². The maximum atomic E-state index is 12.6. The summed E-state index contributed by atoms with van der Waals surface area (Å²) in [7, 11) is 0. The lowest BCUT2D eigenvalue weighted by Crippen LogP contribution is -2.46. The Morgan fingerprint density at radius 1 is 1.36 bits per heavy atom.